The summed E-state index contributed by atoms with van der Waals surface area (Å²) in [5.41, 5.74) is 0. The fourth-order valence-corrected chi connectivity index (χ4v) is 0.355. The number of hydrogen-bond donors (Lipinski definition) is 2. The number of amides is 1. The van der Waals surface area contributed by atoms with Crippen LogP contribution in [0.5, 0.6) is 0 Å². The highest BCUT2D eigenvalue weighted by molar-refractivity contribution is 5.55. The Kier molecular flexibility index (Phi) is 4.72. The van der Waals surface area contributed by atoms with E-state index in [1.165, 1.54) is 0 Å². The van der Waals surface area contributed by atoms with Gasteiger partial charge in [0.25, 0.3) is 0 Å². The highest BCUT2D eigenvalue weighted by atomic mass is 16.3. The maximum absolute atomic E-state index is 9.93. The molecule has 0 heterocycles. The normalized spacial score (nSPS) is 12.1. The van der Waals surface area contributed by atoms with E-state index in [0.717, 1.165) is 0 Å². The Balaban J connectivity index is 3.30. The van der Waals surface area contributed by atoms with Gasteiger partial charge in [0.1, 0.15) is 6.29 Å². The lowest BCUT2D eigenvalue weighted by molar-refractivity contribution is -0.112. The Bertz CT molecular complexity index is 94.2. The van der Waals surface area contributed by atoms with Gasteiger partial charge in [-0.3, -0.25) is 4.79 Å². The smallest absolute Gasteiger partial charge is 0.207 e. The maximum Gasteiger partial charge on any atom is 0.207 e. The molecule has 0 aromatic carbocycles. The molecule has 0 saturated heterocycles. The van der Waals surface area contributed by atoms with E-state index in [9.17, 15) is 9.59 Å². The molecule has 0 bridgehead atoms. The quantitative estimate of drug-likeness (QED) is 0.448. The number of aliphatic hydroxyl groups is 1. The number of aldehydes is 1. The second-order valence-electron chi connectivity index (χ2n) is 1.60. The SMILES string of the molecule is O=CNCC(C=O)CO. The molecule has 1 atom stereocenters. The third-order valence-electron chi connectivity index (χ3n) is 0.890. The van der Waals surface area contributed by atoms with Gasteiger partial charge in [-0.2, -0.15) is 0 Å². The van der Waals surface area contributed by atoms with Gasteiger partial charge in [0, 0.05) is 6.54 Å². The number of hydrogen-bond acceptors (Lipinski definition) is 3. The minimum Gasteiger partial charge on any atom is -0.396 e. The molecule has 0 rings (SSSR count). The van der Waals surface area contributed by atoms with E-state index in [-0.39, 0.29) is 13.2 Å². The molecule has 0 aromatic rings. The average molecular weight is 131 g/mol. The first-order chi connectivity index (χ1) is 4.35. The fraction of sp³-hybridized carbons (Fsp3) is 0.600. The minimum absolute atomic E-state index is 0.212. The molecule has 0 fully saturated rings. The van der Waals surface area contributed by atoms with Crippen LogP contribution in [-0.2, 0) is 9.59 Å². The lowest BCUT2D eigenvalue weighted by Crippen LogP contribution is -2.24. The van der Waals surface area contributed by atoms with Crippen LogP contribution in [-0.4, -0.2) is 31.0 Å². The molecule has 4 nitrogen and oxygen atoms in total. The van der Waals surface area contributed by atoms with Crippen LogP contribution in [0.4, 0.5) is 0 Å². The summed E-state index contributed by atoms with van der Waals surface area (Å²) in [7, 11) is 0. The van der Waals surface area contributed by atoms with Gasteiger partial charge < -0.3 is 15.2 Å². The molecule has 0 aliphatic carbocycles. The van der Waals surface area contributed by atoms with Crippen LogP contribution >= 0.6 is 0 Å². The standard InChI is InChI=1S/C5H9NO3/c7-2-5(3-8)1-6-4-9/h2,4-5,8H,1,3H2,(H,6,9). The second-order valence-corrected chi connectivity index (χ2v) is 1.60. The summed E-state index contributed by atoms with van der Waals surface area (Å²) in [5.74, 6) is -0.463. The van der Waals surface area contributed by atoms with Crippen molar-refractivity contribution in [2.24, 2.45) is 5.92 Å². The summed E-state index contributed by atoms with van der Waals surface area (Å²) in [4.78, 5) is 19.6. The molecule has 0 aliphatic rings. The Hall–Kier alpha value is -0.900. The van der Waals surface area contributed by atoms with Crippen LogP contribution in [0.3, 0.4) is 0 Å². The Morgan fingerprint density at radius 1 is 1.56 bits per heavy atom. The first kappa shape index (κ1) is 8.10. The second kappa shape index (κ2) is 5.24. The van der Waals surface area contributed by atoms with Crippen LogP contribution < -0.4 is 5.32 Å². The molecule has 1 unspecified atom stereocenters. The molecule has 2 N–H and O–H groups in total. The highest BCUT2D eigenvalue weighted by Gasteiger charge is 2.02. The number of rotatable bonds is 5. The van der Waals surface area contributed by atoms with Crippen LogP contribution in [0.2, 0.25) is 0 Å². The zero-order chi connectivity index (χ0) is 7.11. The maximum atomic E-state index is 9.93. The van der Waals surface area contributed by atoms with Gasteiger partial charge in [-0.1, -0.05) is 0 Å². The van der Waals surface area contributed by atoms with Crippen molar-refractivity contribution in [1.29, 1.82) is 0 Å². The summed E-state index contributed by atoms with van der Waals surface area (Å²) in [6.07, 6.45) is 1.10. The van der Waals surface area contributed by atoms with E-state index in [0.29, 0.717) is 12.7 Å². The molecule has 0 saturated carbocycles. The number of carbonyl (C=O) groups excluding carboxylic acids is 2. The van der Waals surface area contributed by atoms with E-state index in [1.54, 1.807) is 0 Å². The summed E-state index contributed by atoms with van der Waals surface area (Å²) in [6, 6.07) is 0. The van der Waals surface area contributed by atoms with Crippen molar-refractivity contribution in [3.63, 3.8) is 0 Å². The predicted octanol–water partition coefficient (Wildman–Crippen LogP) is -1.46. The number of carbonyl (C=O) groups is 2. The van der Waals surface area contributed by atoms with Crippen LogP contribution in [0.15, 0.2) is 0 Å². The predicted molar refractivity (Wildman–Crippen MR) is 30.7 cm³/mol. The van der Waals surface area contributed by atoms with Gasteiger partial charge in [0.05, 0.1) is 12.5 Å². The lowest BCUT2D eigenvalue weighted by atomic mass is 10.2. The van der Waals surface area contributed by atoms with Crippen molar-refractivity contribution in [2.75, 3.05) is 13.2 Å². The molecule has 0 radical (unpaired) electrons. The molecule has 0 aromatic heterocycles. The summed E-state index contributed by atoms with van der Waals surface area (Å²) >= 11 is 0. The van der Waals surface area contributed by atoms with Crippen LogP contribution in [0.1, 0.15) is 0 Å². The van der Waals surface area contributed by atoms with Crippen molar-refractivity contribution >= 4 is 12.7 Å². The molecule has 4 heteroatoms. The zero-order valence-corrected chi connectivity index (χ0v) is 4.91. The first-order valence-electron chi connectivity index (χ1n) is 2.58. The average Bonchev–Trinajstić information content (AvgIpc) is 1.91. The minimum atomic E-state index is -0.463. The van der Waals surface area contributed by atoms with Crippen molar-refractivity contribution in [2.45, 2.75) is 0 Å². The first-order valence-corrected chi connectivity index (χ1v) is 2.58. The van der Waals surface area contributed by atoms with Gasteiger partial charge >= 0.3 is 0 Å². The van der Waals surface area contributed by atoms with E-state index >= 15 is 0 Å². The fourth-order valence-electron chi connectivity index (χ4n) is 0.355. The van der Waals surface area contributed by atoms with E-state index in [2.05, 4.69) is 5.32 Å². The molecular weight excluding hydrogens is 122 g/mol. The van der Waals surface area contributed by atoms with Crippen LogP contribution in [0.25, 0.3) is 0 Å². The highest BCUT2D eigenvalue weighted by Crippen LogP contribution is 1.83. The van der Waals surface area contributed by atoms with Crippen molar-refractivity contribution < 1.29 is 14.7 Å². The van der Waals surface area contributed by atoms with Gasteiger partial charge in [0.2, 0.25) is 6.41 Å². The summed E-state index contributed by atoms with van der Waals surface area (Å²) in [6.45, 7) is -0.00611. The van der Waals surface area contributed by atoms with Gasteiger partial charge in [-0.25, -0.2) is 0 Å². The Labute approximate surface area is 52.9 Å². The van der Waals surface area contributed by atoms with Gasteiger partial charge in [-0.05, 0) is 0 Å². The van der Waals surface area contributed by atoms with Gasteiger partial charge in [0.15, 0.2) is 0 Å². The van der Waals surface area contributed by atoms with Crippen molar-refractivity contribution in [3.8, 4) is 0 Å². The molecule has 1 amide bonds. The lowest BCUT2D eigenvalue weighted by Gasteiger charge is -2.02. The van der Waals surface area contributed by atoms with E-state index in [4.69, 9.17) is 5.11 Å². The summed E-state index contributed by atoms with van der Waals surface area (Å²) < 4.78 is 0. The molecular formula is C5H9NO3. The monoisotopic (exact) mass is 131 g/mol. The molecule has 52 valence electrons. The molecule has 0 spiro atoms. The summed E-state index contributed by atoms with van der Waals surface area (Å²) in [5, 5.41) is 10.6. The Morgan fingerprint density at radius 2 is 2.22 bits per heavy atom. The third kappa shape index (κ3) is 3.66. The Morgan fingerprint density at radius 3 is 2.56 bits per heavy atom. The molecule has 0 aliphatic heterocycles. The largest absolute Gasteiger partial charge is 0.396 e. The topological polar surface area (TPSA) is 66.4 Å². The number of nitrogens with one attached hydrogen (secondary N) is 1. The van der Waals surface area contributed by atoms with Crippen LogP contribution in [0, 0.1) is 5.92 Å². The van der Waals surface area contributed by atoms with E-state index < -0.39 is 5.92 Å². The number of aliphatic hydroxyl groups excluding tert-OH is 1. The molecule has 9 heavy (non-hydrogen) atoms. The van der Waals surface area contributed by atoms with Gasteiger partial charge in [-0.15, -0.1) is 0 Å². The van der Waals surface area contributed by atoms with Crippen molar-refractivity contribution in [3.05, 3.63) is 0 Å². The zero-order valence-electron chi connectivity index (χ0n) is 4.91. The van der Waals surface area contributed by atoms with E-state index in [1.807, 2.05) is 0 Å². The third-order valence-corrected chi connectivity index (χ3v) is 0.890. The van der Waals surface area contributed by atoms with Crippen molar-refractivity contribution in [1.82, 2.24) is 5.32 Å².